The molecule has 3 heterocycles. The first kappa shape index (κ1) is 36.5. The molecule has 1 N–H and O–H groups in total. The third-order valence-corrected chi connectivity index (χ3v) is 11.9. The molecule has 0 spiro atoms. The smallest absolute Gasteiger partial charge is 0.410 e. The number of carbonyl (C=O) groups is 2. The van der Waals surface area contributed by atoms with E-state index in [0.29, 0.717) is 49.2 Å². The van der Waals surface area contributed by atoms with Crippen LogP contribution in [-0.2, 0) is 42.1 Å². The van der Waals surface area contributed by atoms with E-state index >= 15 is 0 Å². The number of aryl methyl sites for hydroxylation is 1. The second-order valence-corrected chi connectivity index (χ2v) is 16.2. The van der Waals surface area contributed by atoms with Crippen molar-refractivity contribution < 1.29 is 37.0 Å². The SMILES string of the molecule is CCO[C@H]1CCN(C(=O)O[C@H]2/C=C/COC(C)(C)C(=O)NS(=O)(=O)c3ccc4c(c3)N(CCCCc3cc(Cl)ccc3CO4)C[C@@H]3CC[C@H]32)C1. The number of anilines is 1. The van der Waals surface area contributed by atoms with Crippen LogP contribution in [0.15, 0.2) is 53.4 Å². The standard InChI is InChI=1S/C37H48ClN3O8S/c1-4-46-29-16-18-41(23-29)36(43)49-33-9-7-19-48-37(2,3)35(42)39-50(44,45)30-13-15-34-32(21-30)40(22-26-11-14-31(26)33)17-6-5-8-25-20-28(38)12-10-27(25)24-47-34/h7,9-10,12-13,15,20-21,26,29,31,33H,4-6,8,11,14,16-19,22-24H2,1-3H3,(H,39,42)/b9-7+/t26-,29-,31+,33-/m0/s1. The zero-order valence-electron chi connectivity index (χ0n) is 29.1. The number of hydrogen-bond donors (Lipinski definition) is 1. The minimum atomic E-state index is -4.24. The van der Waals surface area contributed by atoms with E-state index in [9.17, 15) is 18.0 Å². The van der Waals surface area contributed by atoms with Crippen LogP contribution in [0.5, 0.6) is 5.75 Å². The summed E-state index contributed by atoms with van der Waals surface area (Å²) >= 11 is 6.35. The van der Waals surface area contributed by atoms with E-state index in [4.69, 9.17) is 30.5 Å². The molecular weight excluding hydrogens is 682 g/mol. The van der Waals surface area contributed by atoms with Crippen LogP contribution in [-0.4, -0.2) is 82.5 Å². The van der Waals surface area contributed by atoms with E-state index in [1.807, 2.05) is 31.2 Å². The van der Waals surface area contributed by atoms with Gasteiger partial charge in [-0.3, -0.25) is 4.79 Å². The summed E-state index contributed by atoms with van der Waals surface area (Å²) in [6.45, 7) is 8.23. The molecule has 1 saturated heterocycles. The predicted octanol–water partition coefficient (Wildman–Crippen LogP) is 5.87. The van der Waals surface area contributed by atoms with E-state index in [1.165, 1.54) is 19.9 Å². The van der Waals surface area contributed by atoms with Crippen molar-refractivity contribution in [3.05, 3.63) is 64.7 Å². The molecule has 1 saturated carbocycles. The molecule has 0 unspecified atom stereocenters. The summed E-state index contributed by atoms with van der Waals surface area (Å²) in [4.78, 5) is 30.6. The van der Waals surface area contributed by atoms with E-state index in [2.05, 4.69) is 9.62 Å². The van der Waals surface area contributed by atoms with E-state index in [-0.39, 0.29) is 42.1 Å². The molecule has 4 atom stereocenters. The number of nitrogens with zero attached hydrogens (tertiary/aromatic N) is 2. The number of sulfonamides is 1. The molecule has 11 nitrogen and oxygen atoms in total. The normalized spacial score (nSPS) is 27.3. The quantitative estimate of drug-likeness (QED) is 0.386. The molecular formula is C37H48ClN3O8S. The molecule has 2 bridgehead atoms. The van der Waals surface area contributed by atoms with Gasteiger partial charge in [-0.2, -0.15) is 0 Å². The van der Waals surface area contributed by atoms with Gasteiger partial charge in [-0.15, -0.1) is 0 Å². The maximum absolute atomic E-state index is 13.6. The number of rotatable bonds is 3. The first-order chi connectivity index (χ1) is 23.9. The van der Waals surface area contributed by atoms with Gasteiger partial charge >= 0.3 is 6.09 Å². The minimum Gasteiger partial charge on any atom is -0.487 e. The molecule has 13 heteroatoms. The summed E-state index contributed by atoms with van der Waals surface area (Å²) in [5.74, 6) is -0.0609. The van der Waals surface area contributed by atoms with Gasteiger partial charge in [0.1, 0.15) is 24.1 Å². The van der Waals surface area contributed by atoms with Crippen molar-refractivity contribution in [3.8, 4) is 5.75 Å². The van der Waals surface area contributed by atoms with E-state index in [0.717, 1.165) is 49.7 Å². The Labute approximate surface area is 300 Å². The molecule has 2 aromatic rings. The lowest BCUT2D eigenvalue weighted by Crippen LogP contribution is -2.47. The first-order valence-corrected chi connectivity index (χ1v) is 19.5. The van der Waals surface area contributed by atoms with Crippen LogP contribution in [0.1, 0.15) is 64.0 Å². The van der Waals surface area contributed by atoms with Crippen LogP contribution >= 0.6 is 11.6 Å². The molecule has 0 radical (unpaired) electrons. The fourth-order valence-electron chi connectivity index (χ4n) is 7.16. The predicted molar refractivity (Wildman–Crippen MR) is 190 cm³/mol. The average Bonchev–Trinajstić information content (AvgIpc) is 3.52. The molecule has 2 fully saturated rings. The average molecular weight is 730 g/mol. The highest BCUT2D eigenvalue weighted by Gasteiger charge is 2.41. The van der Waals surface area contributed by atoms with E-state index in [1.54, 1.807) is 23.1 Å². The van der Waals surface area contributed by atoms with Gasteiger partial charge in [0.2, 0.25) is 0 Å². The topological polar surface area (TPSA) is 124 Å². The largest absolute Gasteiger partial charge is 0.487 e. The Kier molecular flexibility index (Phi) is 11.3. The van der Waals surface area contributed by atoms with Crippen molar-refractivity contribution in [1.29, 1.82) is 0 Å². The minimum absolute atomic E-state index is 0.00343. The Hall–Kier alpha value is -3.32. The molecule has 2 amide bonds. The van der Waals surface area contributed by atoms with Gasteiger partial charge in [0.15, 0.2) is 0 Å². The summed E-state index contributed by atoms with van der Waals surface area (Å²) in [6, 6.07) is 10.5. The van der Waals surface area contributed by atoms with Crippen LogP contribution in [0.3, 0.4) is 0 Å². The van der Waals surface area contributed by atoms with Crippen LogP contribution in [0.4, 0.5) is 10.5 Å². The van der Waals surface area contributed by atoms with Gasteiger partial charge < -0.3 is 28.7 Å². The van der Waals surface area contributed by atoms with Gasteiger partial charge in [-0.25, -0.2) is 17.9 Å². The van der Waals surface area contributed by atoms with Crippen molar-refractivity contribution in [2.45, 2.75) is 88.6 Å². The van der Waals surface area contributed by atoms with Gasteiger partial charge in [0.05, 0.1) is 29.8 Å². The summed E-state index contributed by atoms with van der Waals surface area (Å²) < 4.78 is 53.7. The van der Waals surface area contributed by atoms with Gasteiger partial charge in [0, 0.05) is 37.2 Å². The van der Waals surface area contributed by atoms with Gasteiger partial charge in [-0.05, 0) is 113 Å². The number of ether oxygens (including phenoxy) is 4. The summed E-state index contributed by atoms with van der Waals surface area (Å²) in [5, 5.41) is 0.675. The molecule has 2 aromatic carbocycles. The van der Waals surface area contributed by atoms with Crippen LogP contribution in [0, 0.1) is 11.8 Å². The Morgan fingerprint density at radius 3 is 2.68 bits per heavy atom. The molecule has 0 aromatic heterocycles. The lowest BCUT2D eigenvalue weighted by Gasteiger charge is -2.43. The molecule has 4 aliphatic rings. The number of likely N-dealkylation sites (tertiary alicyclic amines) is 1. The number of hydrogen-bond acceptors (Lipinski definition) is 9. The maximum atomic E-state index is 13.6. The molecule has 3 aliphatic heterocycles. The molecule has 272 valence electrons. The first-order valence-electron chi connectivity index (χ1n) is 17.7. The summed E-state index contributed by atoms with van der Waals surface area (Å²) in [7, 11) is -4.24. The van der Waals surface area contributed by atoms with Crippen LogP contribution in [0.25, 0.3) is 0 Å². The van der Waals surface area contributed by atoms with E-state index < -0.39 is 27.6 Å². The highest BCUT2D eigenvalue weighted by molar-refractivity contribution is 7.90. The number of halogens is 1. The Morgan fingerprint density at radius 1 is 1.06 bits per heavy atom. The molecule has 6 rings (SSSR count). The highest BCUT2D eigenvalue weighted by atomic mass is 35.5. The summed E-state index contributed by atoms with van der Waals surface area (Å²) in [6.07, 6.45) is 7.87. The zero-order valence-corrected chi connectivity index (χ0v) is 30.6. The Morgan fingerprint density at radius 2 is 1.90 bits per heavy atom. The highest BCUT2D eigenvalue weighted by Crippen LogP contribution is 2.42. The van der Waals surface area contributed by atoms with Crippen LogP contribution < -0.4 is 14.4 Å². The fraction of sp³-hybridized carbons (Fsp3) is 0.568. The monoisotopic (exact) mass is 729 g/mol. The molecule has 50 heavy (non-hydrogen) atoms. The molecule has 1 aliphatic carbocycles. The van der Waals surface area contributed by atoms with Crippen molar-refractivity contribution >= 4 is 39.3 Å². The Bertz CT molecular complexity index is 1700. The van der Waals surface area contributed by atoms with Gasteiger partial charge in [0.25, 0.3) is 15.9 Å². The number of benzene rings is 2. The second kappa shape index (κ2) is 15.5. The number of amides is 2. The second-order valence-electron chi connectivity index (χ2n) is 14.1. The third-order valence-electron chi connectivity index (χ3n) is 10.3. The van der Waals surface area contributed by atoms with Crippen molar-refractivity contribution in [2.24, 2.45) is 11.8 Å². The van der Waals surface area contributed by atoms with Crippen molar-refractivity contribution in [2.75, 3.05) is 44.3 Å². The number of carbonyl (C=O) groups excluding carboxylic acids is 2. The van der Waals surface area contributed by atoms with Crippen LogP contribution in [0.2, 0.25) is 5.02 Å². The van der Waals surface area contributed by atoms with Gasteiger partial charge in [-0.1, -0.05) is 23.7 Å². The summed E-state index contributed by atoms with van der Waals surface area (Å²) in [5.41, 5.74) is 1.32. The lowest BCUT2D eigenvalue weighted by atomic mass is 9.70. The fourth-order valence-corrected chi connectivity index (χ4v) is 8.48. The number of nitrogens with one attached hydrogen (secondary N) is 1. The van der Waals surface area contributed by atoms with Crippen molar-refractivity contribution in [1.82, 2.24) is 9.62 Å². The Balaban J connectivity index is 1.33. The number of fused-ring (bicyclic) bond motifs is 3. The maximum Gasteiger partial charge on any atom is 0.410 e. The zero-order chi connectivity index (χ0) is 35.5. The lowest BCUT2D eigenvalue weighted by molar-refractivity contribution is -0.139. The van der Waals surface area contributed by atoms with Crippen molar-refractivity contribution in [3.63, 3.8) is 0 Å². The third kappa shape index (κ3) is 8.41.